The normalized spacial score (nSPS) is 12.7. The Morgan fingerprint density at radius 1 is 0.886 bits per heavy atom. The second kappa shape index (κ2) is 19.7. The predicted octanol–water partition coefficient (Wildman–Crippen LogP) is 7.60. The number of rotatable bonds is 20. The molecule has 0 bridgehead atoms. The molecule has 0 aliphatic carbocycles. The first-order valence-corrected chi connectivity index (χ1v) is 15.3. The first kappa shape index (κ1) is 33.6. The molecule has 0 fully saturated rings. The van der Waals surface area contributed by atoms with Crippen LogP contribution in [-0.4, -0.2) is 47.9 Å². The van der Waals surface area contributed by atoms with E-state index in [1.807, 2.05) is 20.8 Å². The Bertz CT molecular complexity index is 637. The molecular weight excluding hydrogens is 458 g/mol. The third-order valence-corrected chi connectivity index (χ3v) is 8.52. The number of ether oxygens (including phenoxy) is 1. The summed E-state index contributed by atoms with van der Waals surface area (Å²) < 4.78 is 23.0. The number of amides is 1. The van der Waals surface area contributed by atoms with E-state index < -0.39 is 8.80 Å². The van der Waals surface area contributed by atoms with E-state index in [-0.39, 0.29) is 11.5 Å². The van der Waals surface area contributed by atoms with Crippen LogP contribution in [0.2, 0.25) is 6.04 Å². The molecule has 0 aromatic carbocycles. The van der Waals surface area contributed by atoms with Gasteiger partial charge in [-0.1, -0.05) is 49.3 Å². The van der Waals surface area contributed by atoms with E-state index in [2.05, 4.69) is 64.2 Å². The molecule has 0 aromatic heterocycles. The maximum atomic E-state index is 12.1. The van der Waals surface area contributed by atoms with Gasteiger partial charge in [0.05, 0.1) is 6.61 Å². The molecule has 0 atom stereocenters. The molecule has 204 valence electrons. The number of nitrogens with one attached hydrogen (secondary N) is 1. The third kappa shape index (κ3) is 18.5. The summed E-state index contributed by atoms with van der Waals surface area (Å²) in [5, 5.41) is 2.84. The number of carbonyl (C=O) groups is 1. The minimum Gasteiger partial charge on any atom is -0.449 e. The SMILES string of the molecule is CCO[Si](CCCNC(=O)OCC(C)(C)CC=CCCC=C(C)CCC=C(C)C)(OCC)OCC. The molecule has 6 nitrogen and oxygen atoms in total. The Morgan fingerprint density at radius 2 is 1.51 bits per heavy atom. The Morgan fingerprint density at radius 3 is 2.09 bits per heavy atom. The molecule has 1 N–H and O–H groups in total. The molecule has 35 heavy (non-hydrogen) atoms. The van der Waals surface area contributed by atoms with Gasteiger partial charge in [0.2, 0.25) is 0 Å². The van der Waals surface area contributed by atoms with Crippen molar-refractivity contribution < 1.29 is 22.8 Å². The second-order valence-corrected chi connectivity index (χ2v) is 12.6. The highest BCUT2D eigenvalue weighted by atomic mass is 28.4. The Hall–Kier alpha value is -1.41. The Kier molecular flexibility index (Phi) is 18.9. The van der Waals surface area contributed by atoms with Crippen molar-refractivity contribution in [2.45, 2.75) is 100.0 Å². The standard InChI is InChI=1S/C28H53NO5Si/c1-9-32-35(33-10-2,34-11-3)23-17-22-29-27(30)31-24-28(7,8)21-15-13-12-14-19-26(6)20-16-18-25(4)5/h13,15,18-19H,9-12,14,16-17,20-24H2,1-8H3,(H,29,30). The van der Waals surface area contributed by atoms with Crippen LogP contribution < -0.4 is 5.32 Å². The summed E-state index contributed by atoms with van der Waals surface area (Å²) in [5.74, 6) is 0. The van der Waals surface area contributed by atoms with Gasteiger partial charge in [-0.25, -0.2) is 4.79 Å². The van der Waals surface area contributed by atoms with Gasteiger partial charge in [-0.05, 0) is 80.1 Å². The highest BCUT2D eigenvalue weighted by Crippen LogP contribution is 2.22. The van der Waals surface area contributed by atoms with Crippen LogP contribution in [0, 0.1) is 5.41 Å². The lowest BCUT2D eigenvalue weighted by Gasteiger charge is -2.28. The number of allylic oxidation sites excluding steroid dienone is 6. The van der Waals surface area contributed by atoms with Crippen LogP contribution in [-0.2, 0) is 18.0 Å². The van der Waals surface area contributed by atoms with Gasteiger partial charge in [0.25, 0.3) is 0 Å². The fourth-order valence-corrected chi connectivity index (χ4v) is 6.12. The zero-order valence-corrected chi connectivity index (χ0v) is 24.8. The van der Waals surface area contributed by atoms with E-state index in [0.717, 1.165) is 38.5 Å². The van der Waals surface area contributed by atoms with Crippen molar-refractivity contribution in [2.75, 3.05) is 33.0 Å². The summed E-state index contributed by atoms with van der Waals surface area (Å²) in [6, 6.07) is 0.670. The Labute approximate surface area is 216 Å². The minimum absolute atomic E-state index is 0.106. The predicted molar refractivity (Wildman–Crippen MR) is 149 cm³/mol. The number of unbranched alkanes of at least 4 members (excludes halogenated alkanes) is 1. The molecule has 0 aliphatic heterocycles. The number of alkyl carbamates (subject to hydrolysis) is 1. The molecule has 1 amide bonds. The van der Waals surface area contributed by atoms with Crippen molar-refractivity contribution in [2.24, 2.45) is 5.41 Å². The first-order chi connectivity index (χ1) is 16.6. The zero-order chi connectivity index (χ0) is 26.6. The summed E-state index contributed by atoms with van der Waals surface area (Å²) >= 11 is 0. The quantitative estimate of drug-likeness (QED) is 0.104. The fraction of sp³-hybridized carbons (Fsp3) is 0.750. The summed E-state index contributed by atoms with van der Waals surface area (Å²) in [7, 11) is -2.66. The van der Waals surface area contributed by atoms with E-state index in [4.69, 9.17) is 18.0 Å². The van der Waals surface area contributed by atoms with Gasteiger partial charge in [0, 0.05) is 37.8 Å². The van der Waals surface area contributed by atoms with Crippen LogP contribution in [0.5, 0.6) is 0 Å². The first-order valence-electron chi connectivity index (χ1n) is 13.4. The molecule has 0 aliphatic rings. The van der Waals surface area contributed by atoms with Crippen LogP contribution in [0.15, 0.2) is 35.5 Å². The van der Waals surface area contributed by atoms with E-state index >= 15 is 0 Å². The van der Waals surface area contributed by atoms with Gasteiger partial charge >= 0.3 is 14.9 Å². The number of hydrogen-bond donors (Lipinski definition) is 1. The minimum atomic E-state index is -2.66. The van der Waals surface area contributed by atoms with Gasteiger partial charge in [-0.2, -0.15) is 0 Å². The average molecular weight is 512 g/mol. The van der Waals surface area contributed by atoms with Gasteiger partial charge in [0.15, 0.2) is 0 Å². The number of carbonyl (C=O) groups excluding carboxylic acids is 1. The maximum absolute atomic E-state index is 12.1. The molecule has 0 aromatic rings. The lowest BCUT2D eigenvalue weighted by molar-refractivity contribution is 0.0704. The van der Waals surface area contributed by atoms with Crippen LogP contribution in [0.3, 0.4) is 0 Å². The molecule has 0 spiro atoms. The van der Waals surface area contributed by atoms with E-state index in [0.29, 0.717) is 39.0 Å². The van der Waals surface area contributed by atoms with Crippen molar-refractivity contribution in [3.05, 3.63) is 35.5 Å². The Balaban J connectivity index is 4.20. The molecule has 0 radical (unpaired) electrons. The van der Waals surface area contributed by atoms with E-state index in [1.54, 1.807) is 0 Å². The van der Waals surface area contributed by atoms with Crippen LogP contribution >= 0.6 is 0 Å². The monoisotopic (exact) mass is 511 g/mol. The molecule has 0 saturated heterocycles. The topological polar surface area (TPSA) is 66.0 Å². The van der Waals surface area contributed by atoms with Crippen molar-refractivity contribution in [3.8, 4) is 0 Å². The highest BCUT2D eigenvalue weighted by molar-refractivity contribution is 6.60. The van der Waals surface area contributed by atoms with Crippen LogP contribution in [0.4, 0.5) is 4.79 Å². The third-order valence-electron chi connectivity index (χ3n) is 5.37. The van der Waals surface area contributed by atoms with Crippen molar-refractivity contribution in [1.82, 2.24) is 5.32 Å². The zero-order valence-electron chi connectivity index (χ0n) is 23.8. The van der Waals surface area contributed by atoms with Crippen LogP contribution in [0.1, 0.15) is 93.9 Å². The highest BCUT2D eigenvalue weighted by Gasteiger charge is 2.39. The smallest absolute Gasteiger partial charge is 0.449 e. The van der Waals surface area contributed by atoms with Crippen LogP contribution in [0.25, 0.3) is 0 Å². The van der Waals surface area contributed by atoms with E-state index in [9.17, 15) is 4.79 Å². The molecule has 0 heterocycles. The molecule has 0 unspecified atom stereocenters. The lowest BCUT2D eigenvalue weighted by Crippen LogP contribution is -2.46. The summed E-state index contributed by atoms with van der Waals surface area (Å²) in [5.41, 5.74) is 2.73. The lowest BCUT2D eigenvalue weighted by atomic mass is 9.90. The van der Waals surface area contributed by atoms with Gasteiger partial charge in [-0.15, -0.1) is 0 Å². The van der Waals surface area contributed by atoms with Gasteiger partial charge in [0.1, 0.15) is 0 Å². The molecule has 7 heteroatoms. The number of hydrogen-bond acceptors (Lipinski definition) is 5. The van der Waals surface area contributed by atoms with E-state index in [1.165, 1.54) is 11.1 Å². The summed E-state index contributed by atoms with van der Waals surface area (Å²) in [6.07, 6.45) is 14.6. The average Bonchev–Trinajstić information content (AvgIpc) is 2.78. The second-order valence-electron chi connectivity index (χ2n) is 9.88. The van der Waals surface area contributed by atoms with Crippen molar-refractivity contribution >= 4 is 14.9 Å². The largest absolute Gasteiger partial charge is 0.500 e. The summed E-state index contributed by atoms with van der Waals surface area (Å²) in [6.45, 7) is 19.1. The van der Waals surface area contributed by atoms with Crippen molar-refractivity contribution in [1.29, 1.82) is 0 Å². The molecular formula is C28H53NO5Si. The maximum Gasteiger partial charge on any atom is 0.500 e. The van der Waals surface area contributed by atoms with Gasteiger partial charge in [-0.3, -0.25) is 0 Å². The molecule has 0 saturated carbocycles. The fourth-order valence-electron chi connectivity index (χ4n) is 3.50. The van der Waals surface area contributed by atoms with Gasteiger partial charge < -0.3 is 23.3 Å². The molecule has 0 rings (SSSR count). The van der Waals surface area contributed by atoms with Crippen molar-refractivity contribution in [3.63, 3.8) is 0 Å². The summed E-state index contributed by atoms with van der Waals surface area (Å²) in [4.78, 5) is 12.1.